The molecule has 0 spiro atoms. The van der Waals surface area contributed by atoms with Gasteiger partial charge in [-0.2, -0.15) is 0 Å². The molecule has 0 atom stereocenters. The number of aromatic carboxylic acids is 1. The predicted molar refractivity (Wildman–Crippen MR) is 287 cm³/mol. The molecule has 0 aliphatic heterocycles. The van der Waals surface area contributed by atoms with E-state index in [0.29, 0.717) is 67.8 Å². The third-order valence-electron chi connectivity index (χ3n) is 12.2. The van der Waals surface area contributed by atoms with Crippen LogP contribution in [-0.4, -0.2) is 47.7 Å². The summed E-state index contributed by atoms with van der Waals surface area (Å²) < 4.78 is 46.9. The van der Waals surface area contributed by atoms with E-state index in [1.54, 1.807) is 55.4 Å². The zero-order valence-electron chi connectivity index (χ0n) is 42.9. The van der Waals surface area contributed by atoms with Crippen molar-refractivity contribution in [2.24, 2.45) is 0 Å². The molecule has 8 aromatic rings. The van der Waals surface area contributed by atoms with E-state index in [1.165, 1.54) is 6.07 Å². The van der Waals surface area contributed by atoms with Crippen LogP contribution in [0.3, 0.4) is 0 Å². The number of hydrogen-bond acceptors (Lipinski definition) is 11. The lowest BCUT2D eigenvalue weighted by atomic mass is 10.0. The second kappa shape index (κ2) is 27.0. The molecule has 74 heavy (non-hydrogen) atoms. The molecule has 0 saturated carbocycles. The molecule has 0 saturated heterocycles. The van der Waals surface area contributed by atoms with Gasteiger partial charge < -0.3 is 52.6 Å². The smallest absolute Gasteiger partial charge is 0.339 e. The first-order valence-corrected chi connectivity index (χ1v) is 25.4. The monoisotopic (exact) mass is 1000 g/mol. The van der Waals surface area contributed by atoms with Gasteiger partial charge in [0.25, 0.3) is 0 Å². The number of carbonyl (C=O) groups is 1. The molecule has 2 heterocycles. The van der Waals surface area contributed by atoms with Gasteiger partial charge in [-0.1, -0.05) is 83.0 Å². The van der Waals surface area contributed by atoms with Crippen molar-refractivity contribution in [3.63, 3.8) is 0 Å². The third kappa shape index (κ3) is 14.0. The average molecular weight is 1000 g/mol. The Hall–Kier alpha value is -8.25. The lowest BCUT2D eigenvalue weighted by Crippen LogP contribution is -2.08. The number of furan rings is 2. The van der Waals surface area contributed by atoms with E-state index in [0.717, 1.165) is 100 Å². The van der Waals surface area contributed by atoms with Crippen LogP contribution in [0.5, 0.6) is 57.5 Å². The molecule has 12 heteroatoms. The van der Waals surface area contributed by atoms with Crippen molar-refractivity contribution < 1.29 is 57.4 Å². The second-order valence-corrected chi connectivity index (χ2v) is 17.5. The molecule has 0 fully saturated rings. The normalized spacial score (nSPS) is 10.8. The number of carboxylic acid groups (broad SMARTS) is 1. The van der Waals surface area contributed by atoms with Gasteiger partial charge >= 0.3 is 5.97 Å². The maximum absolute atomic E-state index is 11.6. The fourth-order valence-electron chi connectivity index (χ4n) is 8.38. The van der Waals surface area contributed by atoms with Crippen LogP contribution < -0.4 is 28.4 Å². The summed E-state index contributed by atoms with van der Waals surface area (Å²) in [4.78, 5) is 11.6. The van der Waals surface area contributed by atoms with Gasteiger partial charge in [0, 0.05) is 58.4 Å². The van der Waals surface area contributed by atoms with Crippen molar-refractivity contribution >= 4 is 5.97 Å². The number of ether oxygens (including phenoxy) is 6. The van der Waals surface area contributed by atoms with E-state index in [2.05, 4.69) is 20.8 Å². The molecule has 8 rings (SSSR count). The van der Waals surface area contributed by atoms with Crippen molar-refractivity contribution in [3.05, 3.63) is 180 Å². The Kier molecular flexibility index (Phi) is 19.5. The molecular weight excluding hydrogens is 937 g/mol. The molecule has 0 amide bonds. The van der Waals surface area contributed by atoms with Gasteiger partial charge in [0.2, 0.25) is 0 Å². The van der Waals surface area contributed by atoms with Gasteiger partial charge in [0.05, 0.1) is 51.5 Å². The molecule has 0 unspecified atom stereocenters. The maximum atomic E-state index is 11.6. The van der Waals surface area contributed by atoms with Crippen LogP contribution in [0.2, 0.25) is 0 Å². The zero-order valence-corrected chi connectivity index (χ0v) is 42.9. The topological polar surface area (TPSA) is 159 Å². The first-order valence-electron chi connectivity index (χ1n) is 25.4. The van der Waals surface area contributed by atoms with Gasteiger partial charge in [0.15, 0.2) is 0 Å². The zero-order chi connectivity index (χ0) is 52.2. The minimum atomic E-state index is -1.04. The van der Waals surface area contributed by atoms with Gasteiger partial charge in [-0.3, -0.25) is 0 Å². The van der Waals surface area contributed by atoms with E-state index in [9.17, 15) is 20.1 Å². The number of carboxylic acids is 1. The Bertz CT molecular complexity index is 3030. The Morgan fingerprint density at radius 3 is 1.34 bits per heavy atom. The number of aromatic hydroxyl groups is 2. The number of hydrogen-bond donors (Lipinski definition) is 3. The molecule has 386 valence electrons. The lowest BCUT2D eigenvalue weighted by Gasteiger charge is -2.17. The highest BCUT2D eigenvalue weighted by Crippen LogP contribution is 2.39. The summed E-state index contributed by atoms with van der Waals surface area (Å²) in [6.45, 7) is 12.2. The molecule has 0 aliphatic carbocycles. The average Bonchev–Trinajstić information content (AvgIpc) is 4.16. The van der Waals surface area contributed by atoms with Crippen LogP contribution >= 0.6 is 0 Å². The van der Waals surface area contributed by atoms with Crippen molar-refractivity contribution in [2.75, 3.05) is 26.4 Å². The minimum absolute atomic E-state index is 0.105. The van der Waals surface area contributed by atoms with Crippen LogP contribution in [0.4, 0.5) is 0 Å². The van der Waals surface area contributed by atoms with Crippen LogP contribution in [0.25, 0.3) is 22.3 Å². The number of phenols is 2. The molecule has 6 aromatic carbocycles. The molecule has 0 radical (unpaired) electrons. The molecule has 2 aromatic heterocycles. The largest absolute Gasteiger partial charge is 0.507 e. The number of benzene rings is 6. The van der Waals surface area contributed by atoms with Crippen molar-refractivity contribution in [1.29, 1.82) is 0 Å². The number of para-hydroxylation sites is 2. The number of phenolic OH excluding ortho intramolecular Hbond substituents is 2. The van der Waals surface area contributed by atoms with Gasteiger partial charge in [0.1, 0.15) is 63.1 Å². The van der Waals surface area contributed by atoms with Crippen LogP contribution in [0.15, 0.2) is 155 Å². The molecule has 0 bridgehead atoms. The SMILES string of the molecule is CCCc1c(OCCCOc2cc(O)c(-c3ccoc3)cc2CC)cccc1Oc1ccccc1C.CCCc1c(OCCCOc2cc(O)c(-c3ccoc3)cc2CC)cccc1Oc1ccccc1C(=O)O. The van der Waals surface area contributed by atoms with E-state index < -0.39 is 5.97 Å². The van der Waals surface area contributed by atoms with Gasteiger partial charge in [-0.15, -0.1) is 0 Å². The van der Waals surface area contributed by atoms with Gasteiger partial charge in [-0.05, 0) is 116 Å². The first kappa shape index (κ1) is 53.5. The lowest BCUT2D eigenvalue weighted by molar-refractivity contribution is 0.0694. The molecule has 3 N–H and O–H groups in total. The van der Waals surface area contributed by atoms with Crippen molar-refractivity contribution in [2.45, 2.75) is 86.0 Å². The quantitative estimate of drug-likeness (QED) is 0.0466. The Morgan fingerprint density at radius 2 is 0.905 bits per heavy atom. The highest BCUT2D eigenvalue weighted by molar-refractivity contribution is 5.91. The predicted octanol–water partition coefficient (Wildman–Crippen LogP) is 15.6. The Balaban J connectivity index is 0.000000217. The van der Waals surface area contributed by atoms with E-state index in [1.807, 2.05) is 98.8 Å². The number of rotatable bonds is 25. The van der Waals surface area contributed by atoms with Crippen molar-refractivity contribution in [1.82, 2.24) is 0 Å². The first-order chi connectivity index (χ1) is 36.1. The molecular formula is C62H66O12. The standard InChI is InChI=1S/C31H32O7.C31H34O5/c1-3-9-23-27(12-7-13-28(23)38-29-11-6-5-10-24(29)31(33)34)36-15-8-16-37-30-19-26(32)25(18-21(30)4-2)22-14-17-35-20-22;1-4-10-25-29(13-8-14-30(25)36-28-12-7-6-11-22(28)3)34-16-9-17-35-31-20-27(32)26(19-23(31)5-2)24-15-18-33-21-24/h5-7,10-14,17-20,32H,3-4,8-9,15-16H2,1-2H3,(H,33,34);6-8,11-15,18-21,32H,4-5,9-10,16-17H2,1-3H3. The van der Waals surface area contributed by atoms with Gasteiger partial charge in [-0.25, -0.2) is 4.79 Å². The Morgan fingerprint density at radius 1 is 0.486 bits per heavy atom. The van der Waals surface area contributed by atoms with Crippen LogP contribution in [-0.2, 0) is 25.7 Å². The molecule has 0 aliphatic rings. The summed E-state index contributed by atoms with van der Waals surface area (Å²) in [5, 5.41) is 30.5. The molecule has 12 nitrogen and oxygen atoms in total. The summed E-state index contributed by atoms with van der Waals surface area (Å²) in [7, 11) is 0. The summed E-state index contributed by atoms with van der Waals surface area (Å²) in [6.07, 6.45) is 12.8. The maximum Gasteiger partial charge on any atom is 0.339 e. The highest BCUT2D eigenvalue weighted by Gasteiger charge is 2.18. The van der Waals surface area contributed by atoms with E-state index >= 15 is 0 Å². The highest BCUT2D eigenvalue weighted by atomic mass is 16.5. The second-order valence-electron chi connectivity index (χ2n) is 17.5. The van der Waals surface area contributed by atoms with Crippen LogP contribution in [0.1, 0.15) is 91.6 Å². The fourth-order valence-corrected chi connectivity index (χ4v) is 8.38. The Labute approximate surface area is 433 Å². The van der Waals surface area contributed by atoms with Crippen molar-refractivity contribution in [3.8, 4) is 79.7 Å². The third-order valence-corrected chi connectivity index (χ3v) is 12.2. The van der Waals surface area contributed by atoms with E-state index in [4.69, 9.17) is 37.3 Å². The minimum Gasteiger partial charge on any atom is -0.507 e. The summed E-state index contributed by atoms with van der Waals surface area (Å²) in [6, 6.07) is 37.0. The summed E-state index contributed by atoms with van der Waals surface area (Å²) >= 11 is 0. The fraction of sp³-hybridized carbons (Fsp3) is 0.274. The summed E-state index contributed by atoms with van der Waals surface area (Å²) in [5.41, 5.74) is 8.33. The number of aryl methyl sites for hydroxylation is 3. The van der Waals surface area contributed by atoms with E-state index in [-0.39, 0.29) is 22.8 Å². The van der Waals surface area contributed by atoms with Crippen LogP contribution in [0, 0.1) is 6.92 Å². The summed E-state index contributed by atoms with van der Waals surface area (Å²) in [5.74, 6) is 4.73.